The summed E-state index contributed by atoms with van der Waals surface area (Å²) in [6, 6.07) is 0. The zero-order chi connectivity index (χ0) is 13.2. The van der Waals surface area contributed by atoms with Gasteiger partial charge in [-0.15, -0.1) is 0 Å². The van der Waals surface area contributed by atoms with E-state index in [0.717, 1.165) is 4.90 Å². The monoisotopic (exact) mass is 271 g/mol. The van der Waals surface area contributed by atoms with Crippen molar-refractivity contribution >= 4 is 23.0 Å². The second-order valence-electron chi connectivity index (χ2n) is 3.81. The summed E-state index contributed by atoms with van der Waals surface area (Å²) in [6.07, 6.45) is -5.80. The average molecular weight is 271 g/mol. The van der Waals surface area contributed by atoms with Crippen molar-refractivity contribution in [3.8, 4) is 0 Å². The first-order valence-corrected chi connectivity index (χ1v) is 5.81. The van der Waals surface area contributed by atoms with E-state index < -0.39 is 30.0 Å². The molecule has 0 aliphatic carbocycles. The number of hydrogen-bond acceptors (Lipinski definition) is 3. The minimum atomic E-state index is -4.48. The minimum absolute atomic E-state index is 0.0346. The summed E-state index contributed by atoms with van der Waals surface area (Å²) >= 11 is 0.646. The number of amides is 1. The molecule has 8 heteroatoms. The van der Waals surface area contributed by atoms with Gasteiger partial charge in [0.15, 0.2) is 5.12 Å². The Balaban J connectivity index is 2.79. The molecule has 0 aromatic rings. The Morgan fingerprint density at radius 2 is 2.00 bits per heavy atom. The maximum atomic E-state index is 12.7. The highest BCUT2D eigenvalue weighted by Gasteiger charge is 2.48. The maximum absolute atomic E-state index is 12.7. The summed E-state index contributed by atoms with van der Waals surface area (Å²) in [6.45, 7) is 0.651. The Bertz CT molecular complexity index is 321. The van der Waals surface area contributed by atoms with Crippen LogP contribution in [0, 0.1) is 5.92 Å². The lowest BCUT2D eigenvalue weighted by atomic mass is 9.97. The SMILES string of the molecule is CC(=O)S[C@H]1CCN(C(=O)O)C[C@@H]1C(F)(F)F. The smallest absolute Gasteiger partial charge is 0.407 e. The Morgan fingerprint density at radius 1 is 1.41 bits per heavy atom. The van der Waals surface area contributed by atoms with Crippen LogP contribution in [-0.2, 0) is 4.79 Å². The molecule has 0 saturated carbocycles. The molecule has 98 valence electrons. The van der Waals surface area contributed by atoms with Gasteiger partial charge in [0.2, 0.25) is 0 Å². The van der Waals surface area contributed by atoms with Crippen molar-refractivity contribution < 1.29 is 27.9 Å². The van der Waals surface area contributed by atoms with E-state index in [-0.39, 0.29) is 18.1 Å². The lowest BCUT2D eigenvalue weighted by molar-refractivity contribution is -0.182. The summed E-state index contributed by atoms with van der Waals surface area (Å²) in [7, 11) is 0. The van der Waals surface area contributed by atoms with Crippen molar-refractivity contribution in [3.63, 3.8) is 0 Å². The highest BCUT2D eigenvalue weighted by Crippen LogP contribution is 2.39. The summed E-state index contributed by atoms with van der Waals surface area (Å²) in [4.78, 5) is 22.3. The molecular formula is C9H12F3NO3S. The molecule has 1 aliphatic heterocycles. The van der Waals surface area contributed by atoms with E-state index >= 15 is 0 Å². The lowest BCUT2D eigenvalue weighted by Crippen LogP contribution is -2.50. The van der Waals surface area contributed by atoms with Gasteiger partial charge in [-0.2, -0.15) is 13.2 Å². The molecule has 1 amide bonds. The van der Waals surface area contributed by atoms with E-state index in [0.29, 0.717) is 11.8 Å². The lowest BCUT2D eigenvalue weighted by Gasteiger charge is -2.37. The van der Waals surface area contributed by atoms with Crippen LogP contribution < -0.4 is 0 Å². The first-order valence-electron chi connectivity index (χ1n) is 4.93. The van der Waals surface area contributed by atoms with E-state index in [1.807, 2.05) is 0 Å². The number of carboxylic acid groups (broad SMARTS) is 1. The van der Waals surface area contributed by atoms with Crippen LogP contribution in [0.2, 0.25) is 0 Å². The number of halogens is 3. The van der Waals surface area contributed by atoms with Crippen molar-refractivity contribution in [3.05, 3.63) is 0 Å². The summed E-state index contributed by atoms with van der Waals surface area (Å²) in [5.41, 5.74) is 0. The number of piperidine rings is 1. The topological polar surface area (TPSA) is 57.6 Å². The van der Waals surface area contributed by atoms with Crippen molar-refractivity contribution in [2.45, 2.75) is 24.8 Å². The molecule has 1 N–H and O–H groups in total. The third-order valence-corrected chi connectivity index (χ3v) is 3.76. The highest BCUT2D eigenvalue weighted by molar-refractivity contribution is 8.14. The van der Waals surface area contributed by atoms with Gasteiger partial charge in [0.1, 0.15) is 0 Å². The van der Waals surface area contributed by atoms with E-state index in [1.54, 1.807) is 0 Å². The van der Waals surface area contributed by atoms with Gasteiger partial charge in [0.25, 0.3) is 0 Å². The van der Waals surface area contributed by atoms with Gasteiger partial charge >= 0.3 is 12.3 Å². The molecule has 0 bridgehead atoms. The average Bonchev–Trinajstić information content (AvgIpc) is 2.15. The number of rotatable bonds is 1. The standard InChI is InChI=1S/C9H12F3NO3S/c1-5(14)17-7-2-3-13(8(15)16)4-6(7)9(10,11)12/h6-7H,2-4H2,1H3,(H,15,16)/t6-,7-/m0/s1. The first kappa shape index (κ1) is 14.1. The number of carbonyl (C=O) groups is 2. The third kappa shape index (κ3) is 3.79. The van der Waals surface area contributed by atoms with Crippen molar-refractivity contribution in [1.29, 1.82) is 0 Å². The molecule has 0 aromatic carbocycles. The first-order chi connectivity index (χ1) is 7.71. The summed E-state index contributed by atoms with van der Waals surface area (Å²) in [5, 5.41) is 7.41. The fourth-order valence-electron chi connectivity index (χ4n) is 1.77. The molecule has 1 fully saturated rings. The Morgan fingerprint density at radius 3 is 2.41 bits per heavy atom. The fourth-order valence-corrected chi connectivity index (χ4v) is 2.83. The van der Waals surface area contributed by atoms with Crippen LogP contribution in [0.25, 0.3) is 0 Å². The normalized spacial score (nSPS) is 25.8. The molecule has 2 atom stereocenters. The molecule has 0 radical (unpaired) electrons. The largest absolute Gasteiger partial charge is 0.465 e. The Kier molecular flexibility index (Phi) is 4.29. The van der Waals surface area contributed by atoms with Gasteiger partial charge in [-0.05, 0) is 6.42 Å². The quantitative estimate of drug-likeness (QED) is 0.794. The van der Waals surface area contributed by atoms with Crippen LogP contribution in [0.4, 0.5) is 18.0 Å². The molecule has 0 unspecified atom stereocenters. The second kappa shape index (κ2) is 5.16. The molecule has 0 aromatic heterocycles. The van der Waals surface area contributed by atoms with E-state index in [2.05, 4.69) is 0 Å². The fraction of sp³-hybridized carbons (Fsp3) is 0.778. The maximum Gasteiger partial charge on any atom is 0.407 e. The van der Waals surface area contributed by atoms with Crippen molar-refractivity contribution in [2.24, 2.45) is 5.92 Å². The van der Waals surface area contributed by atoms with Crippen LogP contribution >= 0.6 is 11.8 Å². The van der Waals surface area contributed by atoms with Crippen molar-refractivity contribution in [2.75, 3.05) is 13.1 Å². The Labute approximate surface area is 100 Å². The highest BCUT2D eigenvalue weighted by atomic mass is 32.2. The van der Waals surface area contributed by atoms with Gasteiger partial charge in [-0.1, -0.05) is 11.8 Å². The number of hydrogen-bond donors (Lipinski definition) is 1. The van der Waals surface area contributed by atoms with Crippen LogP contribution in [0.5, 0.6) is 0 Å². The number of likely N-dealkylation sites (tertiary alicyclic amines) is 1. The van der Waals surface area contributed by atoms with Gasteiger partial charge < -0.3 is 10.0 Å². The predicted molar refractivity (Wildman–Crippen MR) is 55.8 cm³/mol. The van der Waals surface area contributed by atoms with Gasteiger partial charge in [0.05, 0.1) is 5.92 Å². The van der Waals surface area contributed by atoms with Crippen LogP contribution in [0.3, 0.4) is 0 Å². The molecule has 1 saturated heterocycles. The zero-order valence-corrected chi connectivity index (χ0v) is 9.85. The molecule has 1 aliphatic rings. The molecular weight excluding hydrogens is 259 g/mol. The summed E-state index contributed by atoms with van der Waals surface area (Å²) in [5.74, 6) is -1.78. The second-order valence-corrected chi connectivity index (χ2v) is 5.23. The van der Waals surface area contributed by atoms with E-state index in [9.17, 15) is 22.8 Å². The van der Waals surface area contributed by atoms with E-state index in [4.69, 9.17) is 5.11 Å². The number of thioether (sulfide) groups is 1. The van der Waals surface area contributed by atoms with Gasteiger partial charge in [-0.25, -0.2) is 4.79 Å². The summed E-state index contributed by atoms with van der Waals surface area (Å²) < 4.78 is 38.2. The molecule has 1 heterocycles. The molecule has 17 heavy (non-hydrogen) atoms. The number of carbonyl (C=O) groups excluding carboxylic acids is 1. The van der Waals surface area contributed by atoms with Gasteiger partial charge in [0, 0.05) is 25.3 Å². The van der Waals surface area contributed by atoms with E-state index in [1.165, 1.54) is 6.92 Å². The van der Waals surface area contributed by atoms with Crippen molar-refractivity contribution in [1.82, 2.24) is 4.90 Å². The molecule has 0 spiro atoms. The van der Waals surface area contributed by atoms with Gasteiger partial charge in [-0.3, -0.25) is 4.79 Å². The minimum Gasteiger partial charge on any atom is -0.465 e. The zero-order valence-electron chi connectivity index (χ0n) is 9.03. The Hall–Kier alpha value is -0.920. The molecule has 4 nitrogen and oxygen atoms in total. The molecule has 1 rings (SSSR count). The third-order valence-electron chi connectivity index (χ3n) is 2.56. The van der Waals surface area contributed by atoms with Crippen LogP contribution in [0.1, 0.15) is 13.3 Å². The van der Waals surface area contributed by atoms with Crippen LogP contribution in [0.15, 0.2) is 0 Å². The number of nitrogens with zero attached hydrogens (tertiary/aromatic N) is 1. The number of alkyl halides is 3. The predicted octanol–water partition coefficient (Wildman–Crippen LogP) is 2.20. The van der Waals surface area contributed by atoms with Crippen LogP contribution in [-0.4, -0.2) is 45.7 Å².